The molecule has 0 radical (unpaired) electrons. The molecule has 1 heterocycles. The molecule has 0 fully saturated rings. The van der Waals surface area contributed by atoms with Crippen molar-refractivity contribution in [3.8, 4) is 11.5 Å². The average molecular weight is 378 g/mol. The third kappa shape index (κ3) is 7.64. The van der Waals surface area contributed by atoms with Crippen LogP contribution in [0.5, 0.6) is 11.5 Å². The van der Waals surface area contributed by atoms with E-state index in [1.807, 2.05) is 45.9 Å². The van der Waals surface area contributed by atoms with Crippen LogP contribution in [0.25, 0.3) is 0 Å². The smallest absolute Gasteiger partial charge is 0.407 e. The van der Waals surface area contributed by atoms with E-state index in [4.69, 9.17) is 14.2 Å². The standard InChI is InChI=1S/C19H30N4O4/c1-5-20-17(21-9-10-22-18(24)27-19(2,3)4)23-14-7-8-15-16(13-14)26-12-6-11-25-15/h7-8,13H,5-6,9-12H2,1-4H3,(H,22,24)(H2,20,21,23). The summed E-state index contributed by atoms with van der Waals surface area (Å²) >= 11 is 0. The molecule has 0 spiro atoms. The summed E-state index contributed by atoms with van der Waals surface area (Å²) in [6, 6.07) is 5.70. The number of alkyl carbamates (subject to hydrolysis) is 1. The topological polar surface area (TPSA) is 93.2 Å². The molecule has 1 amide bonds. The van der Waals surface area contributed by atoms with Crippen molar-refractivity contribution in [1.29, 1.82) is 0 Å². The minimum absolute atomic E-state index is 0.382. The zero-order valence-electron chi connectivity index (χ0n) is 16.6. The summed E-state index contributed by atoms with van der Waals surface area (Å²) in [5.74, 6) is 2.10. The first-order chi connectivity index (χ1) is 12.9. The number of fused-ring (bicyclic) bond motifs is 1. The Labute approximate surface area is 160 Å². The Hall–Kier alpha value is -2.64. The quantitative estimate of drug-likeness (QED) is 0.414. The molecule has 2 rings (SSSR count). The van der Waals surface area contributed by atoms with Crippen molar-refractivity contribution >= 4 is 17.7 Å². The minimum atomic E-state index is -0.513. The van der Waals surface area contributed by atoms with E-state index in [2.05, 4.69) is 20.9 Å². The van der Waals surface area contributed by atoms with Crippen LogP contribution >= 0.6 is 0 Å². The molecule has 27 heavy (non-hydrogen) atoms. The van der Waals surface area contributed by atoms with Crippen LogP contribution in [0.15, 0.2) is 23.2 Å². The Morgan fingerprint density at radius 3 is 2.63 bits per heavy atom. The number of anilines is 1. The first-order valence-electron chi connectivity index (χ1n) is 9.29. The Bertz CT molecular complexity index is 656. The van der Waals surface area contributed by atoms with E-state index in [1.165, 1.54) is 0 Å². The number of ether oxygens (including phenoxy) is 3. The molecule has 150 valence electrons. The summed E-state index contributed by atoms with van der Waals surface area (Å²) in [6.45, 7) is 10.3. The monoisotopic (exact) mass is 378 g/mol. The maximum atomic E-state index is 11.6. The Kier molecular flexibility index (Phi) is 7.57. The predicted molar refractivity (Wildman–Crippen MR) is 106 cm³/mol. The number of rotatable bonds is 5. The van der Waals surface area contributed by atoms with Crippen LogP contribution < -0.4 is 25.4 Å². The van der Waals surface area contributed by atoms with Crippen molar-refractivity contribution in [1.82, 2.24) is 10.6 Å². The molecule has 3 N–H and O–H groups in total. The van der Waals surface area contributed by atoms with Gasteiger partial charge in [0.1, 0.15) is 5.60 Å². The molecular formula is C19H30N4O4. The first kappa shape index (κ1) is 20.7. The molecular weight excluding hydrogens is 348 g/mol. The minimum Gasteiger partial charge on any atom is -0.490 e. The van der Waals surface area contributed by atoms with E-state index >= 15 is 0 Å². The molecule has 0 aromatic heterocycles. The van der Waals surface area contributed by atoms with Gasteiger partial charge < -0.3 is 30.2 Å². The van der Waals surface area contributed by atoms with Gasteiger partial charge in [0, 0.05) is 31.3 Å². The van der Waals surface area contributed by atoms with E-state index in [-0.39, 0.29) is 0 Å². The van der Waals surface area contributed by atoms with Crippen LogP contribution in [0.1, 0.15) is 34.1 Å². The van der Waals surface area contributed by atoms with Crippen molar-refractivity contribution in [3.63, 3.8) is 0 Å². The van der Waals surface area contributed by atoms with Gasteiger partial charge >= 0.3 is 6.09 Å². The Morgan fingerprint density at radius 2 is 1.93 bits per heavy atom. The van der Waals surface area contributed by atoms with Crippen LogP contribution in [0, 0.1) is 0 Å². The molecule has 0 bridgehead atoms. The summed E-state index contributed by atoms with van der Waals surface area (Å²) in [7, 11) is 0. The second-order valence-corrected chi connectivity index (χ2v) is 7.03. The van der Waals surface area contributed by atoms with Gasteiger partial charge in [-0.3, -0.25) is 4.99 Å². The van der Waals surface area contributed by atoms with Crippen molar-refractivity contribution in [2.75, 3.05) is 38.2 Å². The summed E-state index contributed by atoms with van der Waals surface area (Å²) in [4.78, 5) is 16.1. The summed E-state index contributed by atoms with van der Waals surface area (Å²) in [5.41, 5.74) is 0.333. The average Bonchev–Trinajstić information content (AvgIpc) is 2.82. The van der Waals surface area contributed by atoms with Crippen molar-refractivity contribution in [2.45, 2.75) is 39.7 Å². The molecule has 8 nitrogen and oxygen atoms in total. The third-order valence-electron chi connectivity index (χ3n) is 3.40. The maximum absolute atomic E-state index is 11.6. The number of nitrogens with one attached hydrogen (secondary N) is 3. The van der Waals surface area contributed by atoms with Gasteiger partial charge in [0.15, 0.2) is 17.5 Å². The second kappa shape index (κ2) is 9.89. The van der Waals surface area contributed by atoms with Crippen molar-refractivity contribution in [3.05, 3.63) is 18.2 Å². The van der Waals surface area contributed by atoms with Gasteiger partial charge in [-0.25, -0.2) is 4.79 Å². The summed E-state index contributed by atoms with van der Waals surface area (Å²) < 4.78 is 16.5. The number of aliphatic imine (C=N–C) groups is 1. The van der Waals surface area contributed by atoms with Crippen LogP contribution in [-0.4, -0.2) is 50.5 Å². The SMILES string of the molecule is CCNC(=NCCNC(=O)OC(C)(C)C)Nc1ccc2c(c1)OCCCO2. The molecule has 1 aliphatic rings. The first-order valence-corrected chi connectivity index (χ1v) is 9.29. The highest BCUT2D eigenvalue weighted by molar-refractivity contribution is 5.93. The number of carbonyl (C=O) groups excluding carboxylic acids is 1. The van der Waals surface area contributed by atoms with E-state index in [1.54, 1.807) is 0 Å². The molecule has 0 aliphatic carbocycles. The van der Waals surface area contributed by atoms with Gasteiger partial charge in [-0.15, -0.1) is 0 Å². The van der Waals surface area contributed by atoms with E-state index < -0.39 is 11.7 Å². The molecule has 0 saturated carbocycles. The number of hydrogen-bond acceptors (Lipinski definition) is 5. The molecule has 0 unspecified atom stereocenters. The highest BCUT2D eigenvalue weighted by Crippen LogP contribution is 2.32. The highest BCUT2D eigenvalue weighted by atomic mass is 16.6. The van der Waals surface area contributed by atoms with E-state index in [0.717, 1.165) is 30.2 Å². The number of hydrogen-bond donors (Lipinski definition) is 3. The largest absolute Gasteiger partial charge is 0.490 e. The third-order valence-corrected chi connectivity index (χ3v) is 3.40. The normalized spacial score (nSPS) is 14.1. The van der Waals surface area contributed by atoms with Gasteiger partial charge in [-0.2, -0.15) is 0 Å². The molecule has 8 heteroatoms. The molecule has 1 aromatic carbocycles. The van der Waals surface area contributed by atoms with Crippen LogP contribution in [-0.2, 0) is 4.74 Å². The number of amides is 1. The van der Waals surface area contributed by atoms with Gasteiger partial charge in [0.25, 0.3) is 0 Å². The lowest BCUT2D eigenvalue weighted by Gasteiger charge is -2.19. The zero-order valence-corrected chi connectivity index (χ0v) is 16.6. The van der Waals surface area contributed by atoms with Gasteiger partial charge in [-0.05, 0) is 39.8 Å². The lowest BCUT2D eigenvalue weighted by atomic mass is 10.2. The van der Waals surface area contributed by atoms with Gasteiger partial charge in [0.2, 0.25) is 0 Å². The van der Waals surface area contributed by atoms with Gasteiger partial charge in [-0.1, -0.05) is 0 Å². The second-order valence-electron chi connectivity index (χ2n) is 7.03. The van der Waals surface area contributed by atoms with Crippen LogP contribution in [0.4, 0.5) is 10.5 Å². The Morgan fingerprint density at radius 1 is 1.19 bits per heavy atom. The van der Waals surface area contributed by atoms with E-state index in [9.17, 15) is 4.79 Å². The summed E-state index contributed by atoms with van der Waals surface area (Å²) in [6.07, 6.45) is 0.421. The highest BCUT2D eigenvalue weighted by Gasteiger charge is 2.15. The predicted octanol–water partition coefficient (Wildman–Crippen LogP) is 2.75. The number of carbonyl (C=O) groups is 1. The van der Waals surface area contributed by atoms with Crippen molar-refractivity contribution in [2.24, 2.45) is 4.99 Å². The fraction of sp³-hybridized carbons (Fsp3) is 0.579. The number of benzene rings is 1. The lowest BCUT2D eigenvalue weighted by Crippen LogP contribution is -2.35. The maximum Gasteiger partial charge on any atom is 0.407 e. The number of guanidine groups is 1. The lowest BCUT2D eigenvalue weighted by molar-refractivity contribution is 0.0529. The molecule has 1 aromatic rings. The molecule has 0 atom stereocenters. The fourth-order valence-corrected chi connectivity index (χ4v) is 2.32. The zero-order chi connectivity index (χ0) is 19.7. The van der Waals surface area contributed by atoms with Crippen LogP contribution in [0.3, 0.4) is 0 Å². The van der Waals surface area contributed by atoms with Crippen LogP contribution in [0.2, 0.25) is 0 Å². The number of nitrogens with zero attached hydrogens (tertiary/aromatic N) is 1. The van der Waals surface area contributed by atoms with Gasteiger partial charge in [0.05, 0.1) is 19.8 Å². The fourth-order valence-electron chi connectivity index (χ4n) is 2.32. The van der Waals surface area contributed by atoms with Crippen molar-refractivity contribution < 1.29 is 19.0 Å². The Balaban J connectivity index is 1.90. The summed E-state index contributed by atoms with van der Waals surface area (Å²) in [5, 5.41) is 9.10. The molecule has 0 saturated heterocycles. The molecule has 1 aliphatic heterocycles. The van der Waals surface area contributed by atoms with E-state index in [0.29, 0.717) is 32.3 Å².